The molecular weight excluding hydrogens is 332 g/mol. The second kappa shape index (κ2) is 7.19. The Hall–Kier alpha value is -0.320. The molecule has 0 heterocycles. The molecule has 17 heavy (non-hydrogen) atoms. The van der Waals surface area contributed by atoms with Gasteiger partial charge in [0.15, 0.2) is 5.82 Å². The highest BCUT2D eigenvalue weighted by molar-refractivity contribution is 9.09. The zero-order chi connectivity index (χ0) is 12.8. The van der Waals surface area contributed by atoms with E-state index < -0.39 is 5.82 Å². The molecule has 0 fully saturated rings. The summed E-state index contributed by atoms with van der Waals surface area (Å²) in [6.07, 6.45) is 2.14. The number of carbonyl (C=O) groups excluding carboxylic acids is 1. The number of unbranched alkanes of at least 4 members (excludes halogenated alkanes) is 1. The minimum absolute atomic E-state index is 0.103. The fourth-order valence-electron chi connectivity index (χ4n) is 1.23. The topological polar surface area (TPSA) is 29.1 Å². The van der Waals surface area contributed by atoms with Crippen LogP contribution in [0.25, 0.3) is 0 Å². The Balaban J connectivity index is 2.60. The summed E-state index contributed by atoms with van der Waals surface area (Å²) in [4.78, 5) is 11.5. The van der Waals surface area contributed by atoms with Gasteiger partial charge >= 0.3 is 0 Å². The van der Waals surface area contributed by atoms with Gasteiger partial charge in [-0.15, -0.1) is 0 Å². The first kappa shape index (κ1) is 14.7. The molecule has 1 N–H and O–H groups in total. The van der Waals surface area contributed by atoms with Gasteiger partial charge in [-0.3, -0.25) is 4.79 Å². The Kier molecular flexibility index (Phi) is 6.23. The van der Waals surface area contributed by atoms with Crippen molar-refractivity contribution in [2.75, 3.05) is 10.6 Å². The number of benzene rings is 1. The molecule has 2 nitrogen and oxygen atoms in total. The van der Waals surface area contributed by atoms with Crippen LogP contribution in [0.3, 0.4) is 0 Å². The summed E-state index contributed by atoms with van der Waals surface area (Å²) >= 11 is 14.5. The lowest BCUT2D eigenvalue weighted by atomic mass is 10.2. The van der Waals surface area contributed by atoms with Gasteiger partial charge in [-0.05, 0) is 25.0 Å². The highest BCUT2D eigenvalue weighted by atomic mass is 79.9. The first-order valence-electron chi connectivity index (χ1n) is 5.05. The molecule has 0 saturated heterocycles. The third-order valence-electron chi connectivity index (χ3n) is 2.06. The Morgan fingerprint density at radius 3 is 2.41 bits per heavy atom. The minimum Gasteiger partial charge on any atom is -0.326 e. The molecule has 0 radical (unpaired) electrons. The van der Waals surface area contributed by atoms with Gasteiger partial charge in [-0.2, -0.15) is 0 Å². The lowest BCUT2D eigenvalue weighted by molar-refractivity contribution is -0.116. The van der Waals surface area contributed by atoms with Gasteiger partial charge in [-0.25, -0.2) is 4.39 Å². The number of halogens is 4. The maximum Gasteiger partial charge on any atom is 0.224 e. The monoisotopic (exact) mass is 341 g/mol. The van der Waals surface area contributed by atoms with Crippen LogP contribution < -0.4 is 5.32 Å². The van der Waals surface area contributed by atoms with Crippen molar-refractivity contribution in [3.05, 3.63) is 28.0 Å². The van der Waals surface area contributed by atoms with Crippen LogP contribution in [-0.4, -0.2) is 11.2 Å². The van der Waals surface area contributed by atoms with E-state index in [9.17, 15) is 9.18 Å². The average molecular weight is 343 g/mol. The predicted octanol–water partition coefficient (Wildman–Crippen LogP) is 4.64. The first-order chi connectivity index (χ1) is 8.04. The zero-order valence-electron chi connectivity index (χ0n) is 8.90. The number of hydrogen-bond acceptors (Lipinski definition) is 1. The number of carbonyl (C=O) groups is 1. The molecule has 0 spiro atoms. The molecule has 0 aliphatic rings. The van der Waals surface area contributed by atoms with Crippen molar-refractivity contribution in [3.8, 4) is 0 Å². The molecule has 0 bridgehead atoms. The van der Waals surface area contributed by atoms with Gasteiger partial charge in [0.05, 0.1) is 10.0 Å². The molecule has 0 aromatic heterocycles. The highest BCUT2D eigenvalue weighted by Crippen LogP contribution is 2.27. The Bertz CT molecular complexity index is 391. The third kappa shape index (κ3) is 4.82. The van der Waals surface area contributed by atoms with Crippen molar-refractivity contribution in [1.82, 2.24) is 0 Å². The average Bonchev–Trinajstić information content (AvgIpc) is 2.26. The predicted molar refractivity (Wildman–Crippen MR) is 72.7 cm³/mol. The van der Waals surface area contributed by atoms with Crippen molar-refractivity contribution in [2.45, 2.75) is 19.3 Å². The van der Waals surface area contributed by atoms with Gasteiger partial charge in [0.1, 0.15) is 0 Å². The van der Waals surface area contributed by atoms with E-state index >= 15 is 0 Å². The van der Waals surface area contributed by atoms with Crippen LogP contribution >= 0.6 is 39.1 Å². The van der Waals surface area contributed by atoms with Crippen LogP contribution in [0.1, 0.15) is 19.3 Å². The van der Waals surface area contributed by atoms with Crippen LogP contribution in [0.5, 0.6) is 0 Å². The molecule has 0 aliphatic carbocycles. The molecule has 6 heteroatoms. The molecule has 1 amide bonds. The van der Waals surface area contributed by atoms with Crippen molar-refractivity contribution < 1.29 is 9.18 Å². The normalized spacial score (nSPS) is 10.4. The van der Waals surface area contributed by atoms with Crippen molar-refractivity contribution in [2.24, 2.45) is 0 Å². The maximum atomic E-state index is 13.1. The summed E-state index contributed by atoms with van der Waals surface area (Å²) in [5.74, 6) is -0.810. The van der Waals surface area contributed by atoms with Crippen LogP contribution in [0, 0.1) is 5.82 Å². The van der Waals surface area contributed by atoms with Crippen molar-refractivity contribution in [3.63, 3.8) is 0 Å². The van der Waals surface area contributed by atoms with E-state index in [1.807, 2.05) is 0 Å². The Morgan fingerprint density at radius 1 is 1.29 bits per heavy atom. The van der Waals surface area contributed by atoms with E-state index in [2.05, 4.69) is 21.2 Å². The summed E-state index contributed by atoms with van der Waals surface area (Å²) in [5.41, 5.74) is 0.408. The molecular formula is C11H11BrCl2FNO. The third-order valence-corrected chi connectivity index (χ3v) is 3.17. The van der Waals surface area contributed by atoms with E-state index in [0.717, 1.165) is 18.2 Å². The van der Waals surface area contributed by atoms with Gasteiger partial charge in [0.2, 0.25) is 5.91 Å². The van der Waals surface area contributed by atoms with E-state index in [4.69, 9.17) is 23.2 Å². The quantitative estimate of drug-likeness (QED) is 0.471. The van der Waals surface area contributed by atoms with Gasteiger partial charge in [0.25, 0.3) is 0 Å². The van der Waals surface area contributed by atoms with Crippen molar-refractivity contribution in [1.29, 1.82) is 0 Å². The Morgan fingerprint density at radius 2 is 1.88 bits per heavy atom. The molecule has 1 aromatic carbocycles. The standard InChI is InChI=1S/C11H11BrCl2FNO/c12-4-2-1-3-10(17)16-7-5-8(13)11(15)9(14)6-7/h5-6H,1-4H2,(H,16,17). The van der Waals surface area contributed by atoms with E-state index in [0.29, 0.717) is 12.1 Å². The van der Waals surface area contributed by atoms with Gasteiger partial charge in [-0.1, -0.05) is 39.1 Å². The van der Waals surface area contributed by atoms with E-state index in [-0.39, 0.29) is 16.0 Å². The SMILES string of the molecule is O=C(CCCCBr)Nc1cc(Cl)c(F)c(Cl)c1. The minimum atomic E-state index is -0.675. The second-order valence-corrected chi connectivity index (χ2v) is 5.06. The largest absolute Gasteiger partial charge is 0.326 e. The van der Waals surface area contributed by atoms with E-state index in [1.54, 1.807) is 0 Å². The summed E-state index contributed by atoms with van der Waals surface area (Å²) < 4.78 is 13.1. The summed E-state index contributed by atoms with van der Waals surface area (Å²) in [5, 5.41) is 3.28. The van der Waals surface area contributed by atoms with Gasteiger partial charge in [0, 0.05) is 17.4 Å². The van der Waals surface area contributed by atoms with Crippen LogP contribution in [0.4, 0.5) is 10.1 Å². The molecule has 0 saturated carbocycles. The second-order valence-electron chi connectivity index (χ2n) is 3.45. The first-order valence-corrected chi connectivity index (χ1v) is 6.92. The van der Waals surface area contributed by atoms with Crippen molar-refractivity contribution >= 4 is 50.7 Å². The maximum absolute atomic E-state index is 13.1. The zero-order valence-corrected chi connectivity index (χ0v) is 12.0. The molecule has 0 unspecified atom stereocenters. The van der Waals surface area contributed by atoms with Crippen LogP contribution in [0.2, 0.25) is 10.0 Å². The number of anilines is 1. The fourth-order valence-corrected chi connectivity index (χ4v) is 2.11. The molecule has 0 atom stereocenters. The number of alkyl halides is 1. The fraction of sp³-hybridized carbons (Fsp3) is 0.364. The number of hydrogen-bond donors (Lipinski definition) is 1. The molecule has 94 valence electrons. The number of amides is 1. The summed E-state index contributed by atoms with van der Waals surface area (Å²) in [6, 6.07) is 2.68. The summed E-state index contributed by atoms with van der Waals surface area (Å²) in [6.45, 7) is 0. The lowest BCUT2D eigenvalue weighted by Gasteiger charge is -2.07. The molecule has 1 rings (SSSR count). The lowest BCUT2D eigenvalue weighted by Crippen LogP contribution is -2.11. The van der Waals surface area contributed by atoms with Crippen LogP contribution in [0.15, 0.2) is 12.1 Å². The number of rotatable bonds is 5. The van der Waals surface area contributed by atoms with Crippen LogP contribution in [-0.2, 0) is 4.79 Å². The van der Waals surface area contributed by atoms with E-state index in [1.165, 1.54) is 12.1 Å². The number of nitrogens with one attached hydrogen (secondary N) is 1. The highest BCUT2D eigenvalue weighted by Gasteiger charge is 2.09. The smallest absolute Gasteiger partial charge is 0.224 e. The molecule has 1 aromatic rings. The Labute approximate surface area is 118 Å². The summed E-state index contributed by atoms with van der Waals surface area (Å²) in [7, 11) is 0. The molecule has 0 aliphatic heterocycles. The van der Waals surface area contributed by atoms with Gasteiger partial charge < -0.3 is 5.32 Å².